The lowest BCUT2D eigenvalue weighted by Crippen LogP contribution is -2.38. The summed E-state index contributed by atoms with van der Waals surface area (Å²) in [5.41, 5.74) is 0.887. The van der Waals surface area contributed by atoms with E-state index in [0.29, 0.717) is 0 Å². The molecule has 1 saturated heterocycles. The van der Waals surface area contributed by atoms with E-state index in [9.17, 15) is 4.79 Å². The number of amides is 1. The fraction of sp³-hybridized carbons (Fsp3) is 0.632. The summed E-state index contributed by atoms with van der Waals surface area (Å²) in [6.45, 7) is 6.67. The zero-order valence-electron chi connectivity index (χ0n) is 14.0. The third-order valence-electron chi connectivity index (χ3n) is 5.24. The highest BCUT2D eigenvalue weighted by atomic mass is 79.9. The Bertz CT molecular complexity index is 556. The minimum absolute atomic E-state index is 0.211. The lowest BCUT2D eigenvalue weighted by molar-refractivity contribution is -0.123. The van der Waals surface area contributed by atoms with Crippen LogP contribution in [0.15, 0.2) is 28.7 Å². The third-order valence-corrected chi connectivity index (χ3v) is 5.73. The molecule has 1 heterocycles. The molecule has 0 radical (unpaired) electrons. The molecule has 0 spiro atoms. The second kappa shape index (κ2) is 7.35. The molecule has 3 rings (SSSR count). The molecule has 1 aliphatic heterocycles. The van der Waals surface area contributed by atoms with Crippen molar-refractivity contribution in [2.75, 3.05) is 26.2 Å². The van der Waals surface area contributed by atoms with Gasteiger partial charge in [0, 0.05) is 17.6 Å². The van der Waals surface area contributed by atoms with Crippen LogP contribution >= 0.6 is 15.9 Å². The van der Waals surface area contributed by atoms with Crippen molar-refractivity contribution in [2.45, 2.75) is 44.4 Å². The van der Waals surface area contributed by atoms with Gasteiger partial charge < -0.3 is 10.2 Å². The zero-order chi connectivity index (χ0) is 16.3. The van der Waals surface area contributed by atoms with Gasteiger partial charge in [-0.05, 0) is 68.8 Å². The van der Waals surface area contributed by atoms with Crippen LogP contribution in [0.2, 0.25) is 0 Å². The van der Waals surface area contributed by atoms with Crippen LogP contribution in [-0.2, 0) is 10.2 Å². The van der Waals surface area contributed by atoms with Gasteiger partial charge in [-0.15, -0.1) is 0 Å². The van der Waals surface area contributed by atoms with Crippen LogP contribution in [-0.4, -0.2) is 37.0 Å². The molecule has 2 fully saturated rings. The Morgan fingerprint density at radius 1 is 1.43 bits per heavy atom. The molecule has 1 N–H and O–H groups in total. The lowest BCUT2D eigenvalue weighted by Gasteiger charge is -2.30. The molecule has 0 aromatic heterocycles. The van der Waals surface area contributed by atoms with E-state index in [-0.39, 0.29) is 11.3 Å². The second-order valence-electron chi connectivity index (χ2n) is 7.25. The molecule has 1 amide bonds. The Morgan fingerprint density at radius 2 is 2.26 bits per heavy atom. The van der Waals surface area contributed by atoms with Crippen LogP contribution in [0, 0.1) is 5.92 Å². The van der Waals surface area contributed by atoms with Crippen LogP contribution in [0.1, 0.15) is 44.6 Å². The first-order valence-corrected chi connectivity index (χ1v) is 9.66. The van der Waals surface area contributed by atoms with E-state index in [2.05, 4.69) is 45.2 Å². The molecule has 4 heteroatoms. The molecule has 3 nitrogen and oxygen atoms in total. The standard InChI is InChI=1S/C19H27BrN2O/c1-15-5-3-11-22(14-15)12-4-10-21-18(23)19(8-9-19)16-6-2-7-17(20)13-16/h2,6-7,13,15H,3-5,8-12,14H2,1H3,(H,21,23). The summed E-state index contributed by atoms with van der Waals surface area (Å²) in [5, 5.41) is 3.17. The Balaban J connectivity index is 1.44. The van der Waals surface area contributed by atoms with Crippen molar-refractivity contribution in [2.24, 2.45) is 5.92 Å². The normalized spacial score (nSPS) is 23.5. The minimum Gasteiger partial charge on any atom is -0.355 e. The number of hydrogen-bond donors (Lipinski definition) is 1. The van der Waals surface area contributed by atoms with Crippen LogP contribution < -0.4 is 5.32 Å². The zero-order valence-corrected chi connectivity index (χ0v) is 15.6. The summed E-state index contributed by atoms with van der Waals surface area (Å²) in [6.07, 6.45) is 5.67. The maximum Gasteiger partial charge on any atom is 0.230 e. The molecule has 126 valence electrons. The van der Waals surface area contributed by atoms with Crippen LogP contribution in [0.3, 0.4) is 0 Å². The Morgan fingerprint density at radius 3 is 2.96 bits per heavy atom. The molecule has 1 saturated carbocycles. The Kier molecular flexibility index (Phi) is 5.42. The van der Waals surface area contributed by atoms with Crippen molar-refractivity contribution in [1.29, 1.82) is 0 Å². The van der Waals surface area contributed by atoms with Gasteiger partial charge >= 0.3 is 0 Å². The first-order chi connectivity index (χ1) is 11.1. The van der Waals surface area contributed by atoms with Crippen molar-refractivity contribution in [3.8, 4) is 0 Å². The average molecular weight is 379 g/mol. The van der Waals surface area contributed by atoms with E-state index < -0.39 is 0 Å². The van der Waals surface area contributed by atoms with Crippen molar-refractivity contribution in [3.63, 3.8) is 0 Å². The van der Waals surface area contributed by atoms with Crippen molar-refractivity contribution >= 4 is 21.8 Å². The highest BCUT2D eigenvalue weighted by Gasteiger charge is 2.51. The number of nitrogens with one attached hydrogen (secondary N) is 1. The van der Waals surface area contributed by atoms with Gasteiger partial charge in [-0.25, -0.2) is 0 Å². The first kappa shape index (κ1) is 17.0. The number of halogens is 1. The number of nitrogens with zero attached hydrogens (tertiary/aromatic N) is 1. The number of carbonyl (C=O) groups is 1. The van der Waals surface area contributed by atoms with Gasteiger partial charge in [0.05, 0.1) is 5.41 Å². The molecule has 1 aliphatic carbocycles. The number of hydrogen-bond acceptors (Lipinski definition) is 2. The Labute approximate surface area is 148 Å². The molecular weight excluding hydrogens is 352 g/mol. The van der Waals surface area contributed by atoms with Gasteiger partial charge in [-0.3, -0.25) is 4.79 Å². The van der Waals surface area contributed by atoms with Gasteiger partial charge in [-0.1, -0.05) is 35.0 Å². The molecular formula is C19H27BrN2O. The van der Waals surface area contributed by atoms with E-state index in [1.165, 1.54) is 25.9 Å². The number of likely N-dealkylation sites (tertiary alicyclic amines) is 1. The summed E-state index contributed by atoms with van der Waals surface area (Å²) in [5.74, 6) is 1.03. The van der Waals surface area contributed by atoms with Gasteiger partial charge in [-0.2, -0.15) is 0 Å². The summed E-state index contributed by atoms with van der Waals surface area (Å²) >= 11 is 3.51. The minimum atomic E-state index is -0.260. The van der Waals surface area contributed by atoms with Crippen LogP contribution in [0.4, 0.5) is 0 Å². The predicted molar refractivity (Wildman–Crippen MR) is 97.5 cm³/mol. The highest BCUT2D eigenvalue weighted by molar-refractivity contribution is 9.10. The quantitative estimate of drug-likeness (QED) is 0.765. The predicted octanol–water partition coefficient (Wildman–Crippen LogP) is 3.72. The average Bonchev–Trinajstić information content (AvgIpc) is 3.33. The van der Waals surface area contributed by atoms with Crippen molar-refractivity contribution in [3.05, 3.63) is 34.3 Å². The number of carbonyl (C=O) groups excluding carboxylic acids is 1. The monoisotopic (exact) mass is 378 g/mol. The Hall–Kier alpha value is -0.870. The van der Waals surface area contributed by atoms with E-state index in [4.69, 9.17) is 0 Å². The number of benzene rings is 1. The van der Waals surface area contributed by atoms with Crippen LogP contribution in [0.25, 0.3) is 0 Å². The van der Waals surface area contributed by atoms with Crippen molar-refractivity contribution in [1.82, 2.24) is 10.2 Å². The molecule has 1 aromatic rings. The molecule has 0 bridgehead atoms. The summed E-state index contributed by atoms with van der Waals surface area (Å²) in [6, 6.07) is 8.19. The van der Waals surface area contributed by atoms with Gasteiger partial charge in [0.25, 0.3) is 0 Å². The van der Waals surface area contributed by atoms with Gasteiger partial charge in [0.1, 0.15) is 0 Å². The SMILES string of the molecule is CC1CCCN(CCCNC(=O)C2(c3cccc(Br)c3)CC2)C1. The fourth-order valence-electron chi connectivity index (χ4n) is 3.72. The maximum atomic E-state index is 12.6. The lowest BCUT2D eigenvalue weighted by atomic mass is 9.95. The first-order valence-electron chi connectivity index (χ1n) is 8.87. The summed E-state index contributed by atoms with van der Waals surface area (Å²) in [7, 11) is 0. The largest absolute Gasteiger partial charge is 0.355 e. The van der Waals surface area contributed by atoms with Gasteiger partial charge in [0.2, 0.25) is 5.91 Å². The number of rotatable bonds is 6. The van der Waals surface area contributed by atoms with Crippen molar-refractivity contribution < 1.29 is 4.79 Å². The van der Waals surface area contributed by atoms with E-state index in [0.717, 1.165) is 48.3 Å². The molecule has 2 aliphatic rings. The molecule has 1 atom stereocenters. The number of piperidine rings is 1. The smallest absolute Gasteiger partial charge is 0.230 e. The van der Waals surface area contributed by atoms with E-state index in [1.807, 2.05) is 12.1 Å². The second-order valence-corrected chi connectivity index (χ2v) is 8.17. The van der Waals surface area contributed by atoms with E-state index in [1.54, 1.807) is 0 Å². The third kappa shape index (κ3) is 4.16. The van der Waals surface area contributed by atoms with Gasteiger partial charge in [0.15, 0.2) is 0 Å². The summed E-state index contributed by atoms with van der Waals surface area (Å²) in [4.78, 5) is 15.1. The fourth-order valence-corrected chi connectivity index (χ4v) is 4.12. The molecule has 23 heavy (non-hydrogen) atoms. The highest BCUT2D eigenvalue weighted by Crippen LogP contribution is 2.48. The summed E-state index contributed by atoms with van der Waals surface area (Å²) < 4.78 is 1.05. The maximum absolute atomic E-state index is 12.6. The van der Waals surface area contributed by atoms with E-state index >= 15 is 0 Å². The van der Waals surface area contributed by atoms with Crippen LogP contribution in [0.5, 0.6) is 0 Å². The topological polar surface area (TPSA) is 32.3 Å². The molecule has 1 unspecified atom stereocenters. The molecule has 1 aromatic carbocycles.